The van der Waals surface area contributed by atoms with E-state index in [0.29, 0.717) is 16.4 Å². The molecule has 6 heteroatoms. The summed E-state index contributed by atoms with van der Waals surface area (Å²) in [5.74, 6) is -0.394. The standard InChI is InChI=1S/C14H11Cl3N2O/c1-7-2-3-8(15)4-12(7)19-14(20)10-5-9(18)6-11(16)13(10)17/h2-6H,18H2,1H3,(H,19,20). The Labute approximate surface area is 131 Å². The van der Waals surface area contributed by atoms with Crippen molar-refractivity contribution in [1.29, 1.82) is 0 Å². The lowest BCUT2D eigenvalue weighted by molar-refractivity contribution is 0.102. The number of nitrogens with two attached hydrogens (primary N) is 1. The number of hydrogen-bond donors (Lipinski definition) is 2. The fourth-order valence-corrected chi connectivity index (χ4v) is 2.29. The molecule has 2 rings (SSSR count). The SMILES string of the molecule is Cc1ccc(Cl)cc1NC(=O)c1cc(N)cc(Cl)c1Cl. The molecule has 0 aromatic heterocycles. The van der Waals surface area contributed by atoms with Crippen LogP contribution >= 0.6 is 34.8 Å². The average molecular weight is 330 g/mol. The van der Waals surface area contributed by atoms with Crippen molar-refractivity contribution in [1.82, 2.24) is 0 Å². The van der Waals surface area contributed by atoms with Gasteiger partial charge in [0.1, 0.15) is 0 Å². The van der Waals surface area contributed by atoms with Crippen molar-refractivity contribution in [2.45, 2.75) is 6.92 Å². The molecule has 0 spiro atoms. The van der Waals surface area contributed by atoms with Gasteiger partial charge in [-0.25, -0.2) is 0 Å². The topological polar surface area (TPSA) is 55.1 Å². The predicted octanol–water partition coefficient (Wildman–Crippen LogP) is 4.79. The van der Waals surface area contributed by atoms with Gasteiger partial charge < -0.3 is 11.1 Å². The summed E-state index contributed by atoms with van der Waals surface area (Å²) in [6.45, 7) is 1.86. The van der Waals surface area contributed by atoms with Crippen LogP contribution in [-0.2, 0) is 0 Å². The van der Waals surface area contributed by atoms with Gasteiger partial charge in [0.15, 0.2) is 0 Å². The van der Waals surface area contributed by atoms with Gasteiger partial charge in [0.05, 0.1) is 15.6 Å². The summed E-state index contributed by atoms with van der Waals surface area (Å²) < 4.78 is 0. The Morgan fingerprint density at radius 3 is 2.55 bits per heavy atom. The zero-order valence-corrected chi connectivity index (χ0v) is 12.8. The summed E-state index contributed by atoms with van der Waals surface area (Å²) in [6.07, 6.45) is 0. The van der Waals surface area contributed by atoms with Gasteiger partial charge in [-0.15, -0.1) is 0 Å². The van der Waals surface area contributed by atoms with Crippen molar-refractivity contribution in [2.75, 3.05) is 11.1 Å². The van der Waals surface area contributed by atoms with E-state index < -0.39 is 5.91 Å². The van der Waals surface area contributed by atoms with Crippen molar-refractivity contribution in [3.05, 3.63) is 56.5 Å². The number of anilines is 2. The van der Waals surface area contributed by atoms with Crippen LogP contribution in [0.2, 0.25) is 15.1 Å². The molecule has 3 nitrogen and oxygen atoms in total. The summed E-state index contributed by atoms with van der Waals surface area (Å²) in [6, 6.07) is 8.19. The molecule has 3 N–H and O–H groups in total. The van der Waals surface area contributed by atoms with Crippen LogP contribution in [0, 0.1) is 6.92 Å². The number of benzene rings is 2. The number of aryl methyl sites for hydroxylation is 1. The second-order valence-corrected chi connectivity index (χ2v) is 5.50. The monoisotopic (exact) mass is 328 g/mol. The van der Waals surface area contributed by atoms with Gasteiger partial charge >= 0.3 is 0 Å². The minimum absolute atomic E-state index is 0.165. The van der Waals surface area contributed by atoms with Crippen molar-refractivity contribution >= 4 is 52.1 Å². The largest absolute Gasteiger partial charge is 0.399 e. The smallest absolute Gasteiger partial charge is 0.257 e. The second-order valence-electron chi connectivity index (χ2n) is 4.28. The van der Waals surface area contributed by atoms with Gasteiger partial charge in [0.25, 0.3) is 5.91 Å². The highest BCUT2D eigenvalue weighted by Crippen LogP contribution is 2.30. The number of carbonyl (C=O) groups is 1. The van der Waals surface area contributed by atoms with E-state index in [-0.39, 0.29) is 15.6 Å². The molecule has 0 radical (unpaired) electrons. The molecule has 0 aliphatic heterocycles. The quantitative estimate of drug-likeness (QED) is 0.778. The normalized spacial score (nSPS) is 10.4. The maximum atomic E-state index is 12.3. The lowest BCUT2D eigenvalue weighted by Crippen LogP contribution is -2.14. The first-order valence-corrected chi connectivity index (χ1v) is 6.84. The summed E-state index contributed by atoms with van der Waals surface area (Å²) in [5.41, 5.74) is 7.75. The van der Waals surface area contributed by atoms with Gasteiger partial charge in [-0.3, -0.25) is 4.79 Å². The third-order valence-electron chi connectivity index (χ3n) is 2.74. The second kappa shape index (κ2) is 5.92. The van der Waals surface area contributed by atoms with Crippen LogP contribution in [0.25, 0.3) is 0 Å². The number of carbonyl (C=O) groups excluding carboxylic acids is 1. The molecule has 104 valence electrons. The van der Waals surface area contributed by atoms with Crippen LogP contribution in [0.3, 0.4) is 0 Å². The van der Waals surface area contributed by atoms with Crippen molar-refractivity contribution < 1.29 is 4.79 Å². The molecule has 2 aromatic rings. The fourth-order valence-electron chi connectivity index (χ4n) is 1.69. The lowest BCUT2D eigenvalue weighted by atomic mass is 10.1. The fraction of sp³-hybridized carbons (Fsp3) is 0.0714. The minimum Gasteiger partial charge on any atom is -0.399 e. The van der Waals surface area contributed by atoms with E-state index in [1.165, 1.54) is 12.1 Å². The molecule has 0 atom stereocenters. The van der Waals surface area contributed by atoms with Gasteiger partial charge in [-0.1, -0.05) is 40.9 Å². The Morgan fingerprint density at radius 1 is 1.15 bits per heavy atom. The van der Waals surface area contributed by atoms with Crippen LogP contribution in [0.4, 0.5) is 11.4 Å². The van der Waals surface area contributed by atoms with Crippen molar-refractivity contribution in [2.24, 2.45) is 0 Å². The number of halogens is 3. The Hall–Kier alpha value is -1.42. The van der Waals surface area contributed by atoms with Gasteiger partial charge in [-0.2, -0.15) is 0 Å². The third-order valence-corrected chi connectivity index (χ3v) is 3.78. The summed E-state index contributed by atoms with van der Waals surface area (Å²) >= 11 is 17.8. The Kier molecular flexibility index (Phi) is 4.43. The summed E-state index contributed by atoms with van der Waals surface area (Å²) in [5, 5.41) is 3.67. The predicted molar refractivity (Wildman–Crippen MR) is 85.0 cm³/mol. The molecule has 1 amide bonds. The zero-order chi connectivity index (χ0) is 14.9. The van der Waals surface area contributed by atoms with E-state index >= 15 is 0 Å². The van der Waals surface area contributed by atoms with Gasteiger partial charge in [0, 0.05) is 16.4 Å². The molecule has 0 aliphatic carbocycles. The zero-order valence-electron chi connectivity index (χ0n) is 10.5. The third kappa shape index (κ3) is 3.18. The molecule has 2 aromatic carbocycles. The first-order chi connectivity index (χ1) is 9.38. The molecule has 0 unspecified atom stereocenters. The molecule has 0 fully saturated rings. The Balaban J connectivity index is 2.35. The Morgan fingerprint density at radius 2 is 1.85 bits per heavy atom. The van der Waals surface area contributed by atoms with E-state index in [4.69, 9.17) is 40.5 Å². The van der Waals surface area contributed by atoms with Crippen molar-refractivity contribution in [3.8, 4) is 0 Å². The highest BCUT2D eigenvalue weighted by Gasteiger charge is 2.15. The molecule has 0 saturated carbocycles. The van der Waals surface area contributed by atoms with Crippen LogP contribution < -0.4 is 11.1 Å². The number of nitrogen functional groups attached to an aromatic ring is 1. The molecule has 0 saturated heterocycles. The molecular formula is C14H11Cl3N2O. The number of amides is 1. The molecule has 20 heavy (non-hydrogen) atoms. The van der Waals surface area contributed by atoms with Gasteiger partial charge in [-0.05, 0) is 36.8 Å². The number of hydrogen-bond acceptors (Lipinski definition) is 2. The van der Waals surface area contributed by atoms with Crippen LogP contribution in [0.1, 0.15) is 15.9 Å². The number of rotatable bonds is 2. The minimum atomic E-state index is -0.394. The van der Waals surface area contributed by atoms with Gasteiger partial charge in [0.2, 0.25) is 0 Å². The molecule has 0 aliphatic rings. The molecular weight excluding hydrogens is 319 g/mol. The highest BCUT2D eigenvalue weighted by atomic mass is 35.5. The highest BCUT2D eigenvalue weighted by molar-refractivity contribution is 6.44. The van der Waals surface area contributed by atoms with Crippen LogP contribution in [0.15, 0.2) is 30.3 Å². The first-order valence-electron chi connectivity index (χ1n) is 5.70. The molecule has 0 bridgehead atoms. The van der Waals surface area contributed by atoms with E-state index in [2.05, 4.69) is 5.32 Å². The Bertz CT molecular complexity index is 686. The lowest BCUT2D eigenvalue weighted by Gasteiger charge is -2.11. The average Bonchev–Trinajstić information content (AvgIpc) is 2.38. The van der Waals surface area contributed by atoms with E-state index in [9.17, 15) is 4.79 Å². The summed E-state index contributed by atoms with van der Waals surface area (Å²) in [4.78, 5) is 12.3. The van der Waals surface area contributed by atoms with E-state index in [0.717, 1.165) is 5.56 Å². The summed E-state index contributed by atoms with van der Waals surface area (Å²) in [7, 11) is 0. The van der Waals surface area contributed by atoms with Crippen LogP contribution in [-0.4, -0.2) is 5.91 Å². The van der Waals surface area contributed by atoms with E-state index in [1.54, 1.807) is 12.1 Å². The maximum Gasteiger partial charge on any atom is 0.257 e. The van der Waals surface area contributed by atoms with E-state index in [1.807, 2.05) is 13.0 Å². The molecule has 0 heterocycles. The first kappa shape index (κ1) is 15.0. The number of nitrogens with one attached hydrogen (secondary N) is 1. The van der Waals surface area contributed by atoms with Crippen LogP contribution in [0.5, 0.6) is 0 Å². The van der Waals surface area contributed by atoms with Crippen molar-refractivity contribution in [3.63, 3.8) is 0 Å². The maximum absolute atomic E-state index is 12.3.